The Morgan fingerprint density at radius 2 is 2.06 bits per heavy atom. The maximum absolute atomic E-state index is 5.77. The first kappa shape index (κ1) is 12.6. The van der Waals surface area contributed by atoms with E-state index >= 15 is 0 Å². The Bertz CT molecular complexity index is 326. The number of nitrogens with zero attached hydrogens (tertiary/aromatic N) is 2. The highest BCUT2D eigenvalue weighted by Crippen LogP contribution is 2.10. The van der Waals surface area contributed by atoms with Crippen molar-refractivity contribution in [2.75, 3.05) is 40.3 Å². The van der Waals surface area contributed by atoms with Gasteiger partial charge in [0, 0.05) is 26.2 Å². The molecule has 1 aliphatic heterocycles. The molecule has 0 aliphatic carbocycles. The number of morpholine rings is 1. The molecule has 3 heteroatoms. The molecule has 3 nitrogen and oxygen atoms in total. The average molecular weight is 234 g/mol. The highest BCUT2D eigenvalue weighted by molar-refractivity contribution is 5.14. The second kappa shape index (κ2) is 6.15. The van der Waals surface area contributed by atoms with Gasteiger partial charge >= 0.3 is 0 Å². The lowest BCUT2D eigenvalue weighted by Crippen LogP contribution is -2.45. The third-order valence-electron chi connectivity index (χ3n) is 3.04. The molecule has 0 amide bonds. The van der Waals surface area contributed by atoms with E-state index in [1.165, 1.54) is 5.56 Å². The molecule has 0 unspecified atom stereocenters. The molecule has 0 bridgehead atoms. The van der Waals surface area contributed by atoms with Crippen molar-refractivity contribution in [1.29, 1.82) is 0 Å². The minimum absolute atomic E-state index is 0.350. The van der Waals surface area contributed by atoms with Gasteiger partial charge in [-0.3, -0.25) is 4.90 Å². The number of benzene rings is 1. The first-order chi connectivity index (χ1) is 8.24. The van der Waals surface area contributed by atoms with Gasteiger partial charge in [0.1, 0.15) is 0 Å². The van der Waals surface area contributed by atoms with Crippen LogP contribution in [0.15, 0.2) is 30.3 Å². The minimum atomic E-state index is 0.350. The van der Waals surface area contributed by atoms with Crippen molar-refractivity contribution >= 4 is 0 Å². The van der Waals surface area contributed by atoms with Crippen molar-refractivity contribution in [2.24, 2.45) is 0 Å². The van der Waals surface area contributed by atoms with Crippen LogP contribution in [0, 0.1) is 0 Å². The largest absolute Gasteiger partial charge is 0.374 e. The fraction of sp³-hybridized carbons (Fsp3) is 0.571. The Kier molecular flexibility index (Phi) is 4.54. The summed E-state index contributed by atoms with van der Waals surface area (Å²) in [6.07, 6.45) is 0.350. The Labute approximate surface area is 104 Å². The number of rotatable bonds is 4. The molecular weight excluding hydrogens is 212 g/mol. The second-order valence-electron chi connectivity index (χ2n) is 4.98. The summed E-state index contributed by atoms with van der Waals surface area (Å²) in [7, 11) is 4.19. The Morgan fingerprint density at radius 1 is 1.29 bits per heavy atom. The first-order valence-electron chi connectivity index (χ1n) is 6.26. The maximum atomic E-state index is 5.77. The van der Waals surface area contributed by atoms with Gasteiger partial charge in [0.05, 0.1) is 12.7 Å². The van der Waals surface area contributed by atoms with Crippen molar-refractivity contribution in [3.05, 3.63) is 35.9 Å². The molecule has 1 aliphatic rings. The van der Waals surface area contributed by atoms with Gasteiger partial charge in [-0.2, -0.15) is 0 Å². The topological polar surface area (TPSA) is 15.7 Å². The van der Waals surface area contributed by atoms with Crippen LogP contribution < -0.4 is 0 Å². The fourth-order valence-electron chi connectivity index (χ4n) is 2.28. The van der Waals surface area contributed by atoms with Crippen molar-refractivity contribution in [1.82, 2.24) is 9.80 Å². The molecule has 1 aromatic rings. The van der Waals surface area contributed by atoms with Gasteiger partial charge in [-0.15, -0.1) is 0 Å². The van der Waals surface area contributed by atoms with Crippen molar-refractivity contribution < 1.29 is 4.74 Å². The van der Waals surface area contributed by atoms with Gasteiger partial charge in [0.15, 0.2) is 0 Å². The van der Waals surface area contributed by atoms with Gasteiger partial charge in [-0.25, -0.2) is 0 Å². The summed E-state index contributed by atoms with van der Waals surface area (Å²) < 4.78 is 5.77. The lowest BCUT2D eigenvalue weighted by molar-refractivity contribution is -0.0406. The number of ether oxygens (including phenoxy) is 1. The number of hydrogen-bond acceptors (Lipinski definition) is 3. The molecule has 0 radical (unpaired) electrons. The molecule has 0 N–H and O–H groups in total. The van der Waals surface area contributed by atoms with E-state index in [-0.39, 0.29) is 0 Å². The van der Waals surface area contributed by atoms with Crippen molar-refractivity contribution in [2.45, 2.75) is 12.6 Å². The molecule has 0 saturated carbocycles. The van der Waals surface area contributed by atoms with Gasteiger partial charge in [-0.1, -0.05) is 30.3 Å². The highest BCUT2D eigenvalue weighted by atomic mass is 16.5. The van der Waals surface area contributed by atoms with E-state index in [0.29, 0.717) is 6.10 Å². The minimum Gasteiger partial charge on any atom is -0.374 e. The van der Waals surface area contributed by atoms with E-state index in [1.54, 1.807) is 0 Å². The van der Waals surface area contributed by atoms with Crippen LogP contribution in [0.4, 0.5) is 0 Å². The molecule has 1 atom stereocenters. The van der Waals surface area contributed by atoms with Crippen molar-refractivity contribution in [3.63, 3.8) is 0 Å². The number of likely N-dealkylation sites (N-methyl/N-ethyl adjacent to an activating group) is 1. The third kappa shape index (κ3) is 4.11. The van der Waals surface area contributed by atoms with E-state index in [1.807, 2.05) is 0 Å². The third-order valence-corrected chi connectivity index (χ3v) is 3.04. The van der Waals surface area contributed by atoms with E-state index in [0.717, 1.165) is 32.8 Å². The van der Waals surface area contributed by atoms with Gasteiger partial charge in [0.2, 0.25) is 0 Å². The lowest BCUT2D eigenvalue weighted by atomic mass is 10.2. The van der Waals surface area contributed by atoms with Crippen LogP contribution in [0.25, 0.3) is 0 Å². The molecule has 0 aromatic heterocycles. The average Bonchev–Trinajstić information content (AvgIpc) is 2.30. The Morgan fingerprint density at radius 3 is 2.76 bits per heavy atom. The molecule has 17 heavy (non-hydrogen) atoms. The molecule has 1 saturated heterocycles. The monoisotopic (exact) mass is 234 g/mol. The molecule has 1 fully saturated rings. The normalized spacial score (nSPS) is 21.9. The van der Waals surface area contributed by atoms with Gasteiger partial charge < -0.3 is 9.64 Å². The van der Waals surface area contributed by atoms with Crippen LogP contribution in [-0.2, 0) is 11.3 Å². The quantitative estimate of drug-likeness (QED) is 0.784. The predicted octanol–water partition coefficient (Wildman–Crippen LogP) is 1.45. The number of hydrogen-bond donors (Lipinski definition) is 0. The van der Waals surface area contributed by atoms with Gasteiger partial charge in [-0.05, 0) is 19.7 Å². The SMILES string of the molecule is CN(C)C[C@H]1CN(Cc2ccccc2)CCO1. The van der Waals surface area contributed by atoms with E-state index < -0.39 is 0 Å². The summed E-state index contributed by atoms with van der Waals surface area (Å²) in [5, 5.41) is 0. The molecule has 2 rings (SSSR count). The van der Waals surface area contributed by atoms with E-state index in [2.05, 4.69) is 54.2 Å². The molecule has 0 spiro atoms. The molecule has 94 valence electrons. The first-order valence-corrected chi connectivity index (χ1v) is 6.26. The zero-order valence-corrected chi connectivity index (χ0v) is 10.8. The summed E-state index contributed by atoms with van der Waals surface area (Å²) >= 11 is 0. The molecule has 1 heterocycles. The van der Waals surface area contributed by atoms with Gasteiger partial charge in [0.25, 0.3) is 0 Å². The second-order valence-corrected chi connectivity index (χ2v) is 4.98. The Balaban J connectivity index is 1.85. The summed E-state index contributed by atoms with van der Waals surface area (Å²) in [6, 6.07) is 10.7. The van der Waals surface area contributed by atoms with Crippen LogP contribution in [-0.4, -0.2) is 56.2 Å². The standard InChI is InChI=1S/C14H22N2O/c1-15(2)11-14-12-16(8-9-17-14)10-13-6-4-3-5-7-13/h3-7,14H,8-12H2,1-2H3/t14-/m0/s1. The predicted molar refractivity (Wildman–Crippen MR) is 70.0 cm³/mol. The molecular formula is C14H22N2O. The zero-order chi connectivity index (χ0) is 12.1. The fourth-order valence-corrected chi connectivity index (χ4v) is 2.28. The summed E-state index contributed by atoms with van der Waals surface area (Å²) in [4.78, 5) is 4.67. The van der Waals surface area contributed by atoms with Crippen molar-refractivity contribution in [3.8, 4) is 0 Å². The Hall–Kier alpha value is -0.900. The van der Waals surface area contributed by atoms with E-state index in [9.17, 15) is 0 Å². The van der Waals surface area contributed by atoms with Crippen LogP contribution >= 0.6 is 0 Å². The van der Waals surface area contributed by atoms with Crippen LogP contribution in [0.1, 0.15) is 5.56 Å². The summed E-state index contributed by atoms with van der Waals surface area (Å²) in [5.41, 5.74) is 1.39. The smallest absolute Gasteiger partial charge is 0.0829 e. The zero-order valence-electron chi connectivity index (χ0n) is 10.8. The summed E-state index contributed by atoms with van der Waals surface area (Å²) in [6.45, 7) is 4.97. The van der Waals surface area contributed by atoms with Crippen LogP contribution in [0.5, 0.6) is 0 Å². The van der Waals surface area contributed by atoms with E-state index in [4.69, 9.17) is 4.74 Å². The summed E-state index contributed by atoms with van der Waals surface area (Å²) in [5.74, 6) is 0. The highest BCUT2D eigenvalue weighted by Gasteiger charge is 2.20. The maximum Gasteiger partial charge on any atom is 0.0829 e. The molecule has 1 aromatic carbocycles. The van der Waals surface area contributed by atoms with Crippen LogP contribution in [0.2, 0.25) is 0 Å². The lowest BCUT2D eigenvalue weighted by Gasteiger charge is -2.34. The van der Waals surface area contributed by atoms with Crippen LogP contribution in [0.3, 0.4) is 0 Å².